The van der Waals surface area contributed by atoms with Crippen LogP contribution >= 0.6 is 27.5 Å². The Bertz CT molecular complexity index is 654. The first-order valence-electron chi connectivity index (χ1n) is 5.89. The fraction of sp³-hybridized carbons (Fsp3) is 0.133. The third-order valence-corrected chi connectivity index (χ3v) is 4.38. The molecule has 0 aromatic heterocycles. The predicted octanol–water partition coefficient (Wildman–Crippen LogP) is 4.81. The van der Waals surface area contributed by atoms with Crippen LogP contribution in [0.1, 0.15) is 28.4 Å². The number of carbonyl (C=O) groups excluding carboxylic acids is 1. The number of Topliss-reactive ketones (excluding diaryl/α,β-unsaturated/α-hetero) is 1. The van der Waals surface area contributed by atoms with Crippen molar-refractivity contribution < 1.29 is 9.53 Å². The van der Waals surface area contributed by atoms with E-state index in [0.29, 0.717) is 22.8 Å². The molecule has 0 N–H and O–H groups in total. The summed E-state index contributed by atoms with van der Waals surface area (Å²) in [4.78, 5) is 12.1. The van der Waals surface area contributed by atoms with Crippen LogP contribution in [0, 0.1) is 0 Å². The zero-order chi connectivity index (χ0) is 13.4. The lowest BCUT2D eigenvalue weighted by molar-refractivity contribution is 0.0850. The standard InChI is InChI=1S/C15H10BrClO2/c16-11-6-5-9(7-12(11)17)15-8-13(18)10-3-1-2-4-14(10)19-15/h1-7,15H,8H2. The maximum absolute atomic E-state index is 12.1. The Morgan fingerprint density at radius 1 is 1.21 bits per heavy atom. The van der Waals surface area contributed by atoms with Crippen LogP contribution in [-0.4, -0.2) is 5.78 Å². The highest BCUT2D eigenvalue weighted by molar-refractivity contribution is 9.10. The number of ketones is 1. The summed E-state index contributed by atoms with van der Waals surface area (Å²) in [6, 6.07) is 12.9. The largest absolute Gasteiger partial charge is 0.484 e. The van der Waals surface area contributed by atoms with Crippen molar-refractivity contribution >= 4 is 33.3 Å². The molecule has 0 saturated carbocycles. The minimum atomic E-state index is -0.270. The summed E-state index contributed by atoms with van der Waals surface area (Å²) < 4.78 is 6.72. The molecule has 96 valence electrons. The number of hydrogen-bond donors (Lipinski definition) is 0. The number of fused-ring (bicyclic) bond motifs is 1. The first-order valence-corrected chi connectivity index (χ1v) is 7.06. The third-order valence-electron chi connectivity index (χ3n) is 3.14. The first kappa shape index (κ1) is 12.7. The van der Waals surface area contributed by atoms with E-state index in [0.717, 1.165) is 10.0 Å². The molecule has 1 aliphatic rings. The van der Waals surface area contributed by atoms with E-state index in [1.165, 1.54) is 0 Å². The van der Waals surface area contributed by atoms with Gasteiger partial charge in [0.15, 0.2) is 5.78 Å². The molecule has 19 heavy (non-hydrogen) atoms. The number of hydrogen-bond acceptors (Lipinski definition) is 2. The Hall–Kier alpha value is -1.32. The van der Waals surface area contributed by atoms with Crippen LogP contribution in [0.2, 0.25) is 5.02 Å². The Morgan fingerprint density at radius 3 is 2.79 bits per heavy atom. The van der Waals surface area contributed by atoms with Gasteiger partial charge in [0.1, 0.15) is 11.9 Å². The molecular formula is C15H10BrClO2. The quantitative estimate of drug-likeness (QED) is 0.746. The molecular weight excluding hydrogens is 328 g/mol. The van der Waals surface area contributed by atoms with Crippen LogP contribution < -0.4 is 4.74 Å². The van der Waals surface area contributed by atoms with Crippen molar-refractivity contribution in [2.75, 3.05) is 0 Å². The Balaban J connectivity index is 1.96. The average molecular weight is 338 g/mol. The second-order valence-corrected chi connectivity index (χ2v) is 5.67. The summed E-state index contributed by atoms with van der Waals surface area (Å²) in [6.07, 6.45) is 0.0719. The van der Waals surface area contributed by atoms with E-state index in [-0.39, 0.29) is 11.9 Å². The maximum atomic E-state index is 12.1. The van der Waals surface area contributed by atoms with Gasteiger partial charge in [-0.3, -0.25) is 4.79 Å². The summed E-state index contributed by atoms with van der Waals surface area (Å²) in [5, 5.41) is 0.618. The molecule has 0 aliphatic carbocycles. The molecule has 0 bridgehead atoms. The molecule has 1 atom stereocenters. The molecule has 0 saturated heterocycles. The molecule has 2 aromatic carbocycles. The van der Waals surface area contributed by atoms with Gasteiger partial charge >= 0.3 is 0 Å². The molecule has 1 aliphatic heterocycles. The number of para-hydroxylation sites is 1. The van der Waals surface area contributed by atoms with Crippen molar-refractivity contribution in [3.8, 4) is 5.75 Å². The zero-order valence-electron chi connectivity index (χ0n) is 9.90. The minimum Gasteiger partial charge on any atom is -0.484 e. The van der Waals surface area contributed by atoms with Gasteiger partial charge < -0.3 is 4.74 Å². The van der Waals surface area contributed by atoms with E-state index in [1.54, 1.807) is 6.07 Å². The van der Waals surface area contributed by atoms with Crippen molar-refractivity contribution in [1.29, 1.82) is 0 Å². The van der Waals surface area contributed by atoms with E-state index in [2.05, 4.69) is 15.9 Å². The Kier molecular flexibility index (Phi) is 3.33. The van der Waals surface area contributed by atoms with E-state index in [1.807, 2.05) is 36.4 Å². The molecule has 0 amide bonds. The highest BCUT2D eigenvalue weighted by Crippen LogP contribution is 2.36. The molecule has 0 radical (unpaired) electrons. The van der Waals surface area contributed by atoms with Gasteiger partial charge in [-0.05, 0) is 45.8 Å². The van der Waals surface area contributed by atoms with Crippen LogP contribution in [0.15, 0.2) is 46.9 Å². The summed E-state index contributed by atoms with van der Waals surface area (Å²) >= 11 is 9.43. The van der Waals surface area contributed by atoms with Crippen LogP contribution in [0.4, 0.5) is 0 Å². The lowest BCUT2D eigenvalue weighted by atomic mass is 9.96. The number of halogens is 2. The lowest BCUT2D eigenvalue weighted by Crippen LogP contribution is -2.20. The molecule has 1 unspecified atom stereocenters. The second kappa shape index (κ2) is 4.99. The summed E-state index contributed by atoms with van der Waals surface area (Å²) in [6.45, 7) is 0. The monoisotopic (exact) mass is 336 g/mol. The van der Waals surface area contributed by atoms with E-state index >= 15 is 0 Å². The normalized spacial score (nSPS) is 17.8. The van der Waals surface area contributed by atoms with Gasteiger partial charge in [0.2, 0.25) is 0 Å². The smallest absolute Gasteiger partial charge is 0.170 e. The van der Waals surface area contributed by atoms with Crippen LogP contribution in [0.3, 0.4) is 0 Å². The van der Waals surface area contributed by atoms with Crippen molar-refractivity contribution in [3.05, 3.63) is 63.1 Å². The molecule has 2 aromatic rings. The number of carbonyl (C=O) groups is 1. The molecule has 0 fully saturated rings. The van der Waals surface area contributed by atoms with Gasteiger partial charge in [-0.15, -0.1) is 0 Å². The van der Waals surface area contributed by atoms with E-state index in [4.69, 9.17) is 16.3 Å². The van der Waals surface area contributed by atoms with Crippen molar-refractivity contribution in [3.63, 3.8) is 0 Å². The zero-order valence-corrected chi connectivity index (χ0v) is 12.2. The predicted molar refractivity (Wildman–Crippen MR) is 77.9 cm³/mol. The van der Waals surface area contributed by atoms with Gasteiger partial charge in [-0.1, -0.05) is 29.8 Å². The van der Waals surface area contributed by atoms with Gasteiger partial charge in [-0.2, -0.15) is 0 Å². The molecule has 4 heteroatoms. The summed E-state index contributed by atoms with van der Waals surface area (Å²) in [5.74, 6) is 0.744. The second-order valence-electron chi connectivity index (χ2n) is 4.40. The van der Waals surface area contributed by atoms with Gasteiger partial charge in [0.25, 0.3) is 0 Å². The van der Waals surface area contributed by atoms with Gasteiger partial charge in [-0.25, -0.2) is 0 Å². The number of benzene rings is 2. The average Bonchev–Trinajstić information content (AvgIpc) is 2.42. The molecule has 0 spiro atoms. The highest BCUT2D eigenvalue weighted by Gasteiger charge is 2.27. The molecule has 3 rings (SSSR count). The Morgan fingerprint density at radius 2 is 2.00 bits per heavy atom. The minimum absolute atomic E-state index is 0.103. The van der Waals surface area contributed by atoms with E-state index < -0.39 is 0 Å². The molecule has 1 heterocycles. The first-order chi connectivity index (χ1) is 9.15. The van der Waals surface area contributed by atoms with Gasteiger partial charge in [0, 0.05) is 4.47 Å². The van der Waals surface area contributed by atoms with Gasteiger partial charge in [0.05, 0.1) is 17.0 Å². The van der Waals surface area contributed by atoms with Crippen molar-refractivity contribution in [2.45, 2.75) is 12.5 Å². The van der Waals surface area contributed by atoms with E-state index in [9.17, 15) is 4.79 Å². The topological polar surface area (TPSA) is 26.3 Å². The van der Waals surface area contributed by atoms with Crippen molar-refractivity contribution in [1.82, 2.24) is 0 Å². The fourth-order valence-corrected chi connectivity index (χ4v) is 2.61. The lowest BCUT2D eigenvalue weighted by Gasteiger charge is -2.25. The maximum Gasteiger partial charge on any atom is 0.170 e. The summed E-state index contributed by atoms with van der Waals surface area (Å²) in [5.41, 5.74) is 1.57. The highest BCUT2D eigenvalue weighted by atomic mass is 79.9. The molecule has 2 nitrogen and oxygen atoms in total. The number of rotatable bonds is 1. The third kappa shape index (κ3) is 2.40. The fourth-order valence-electron chi connectivity index (χ4n) is 2.17. The van der Waals surface area contributed by atoms with Crippen molar-refractivity contribution in [2.24, 2.45) is 0 Å². The SMILES string of the molecule is O=C1CC(c2ccc(Br)c(Cl)c2)Oc2ccccc21. The van der Waals surface area contributed by atoms with Crippen LogP contribution in [-0.2, 0) is 0 Å². The summed E-state index contributed by atoms with van der Waals surface area (Å²) in [7, 11) is 0. The number of ether oxygens (including phenoxy) is 1. The van der Waals surface area contributed by atoms with Crippen LogP contribution in [0.5, 0.6) is 5.75 Å². The van der Waals surface area contributed by atoms with Crippen LogP contribution in [0.25, 0.3) is 0 Å². The Labute approximate surface area is 124 Å².